The molecule has 0 atom stereocenters. The third kappa shape index (κ3) is 10.0. The summed E-state index contributed by atoms with van der Waals surface area (Å²) >= 11 is 0. The average Bonchev–Trinajstić information content (AvgIpc) is 2.76. The standard InChI is InChI=1S/C27H38FNO/c1-2-3-4-5-6-7-8-9-10-11-12-23-13-19-26(20-14-23)29-22-21-27(30)24-15-17-25(28)18-16-24/h13-20,29H,2-12,21-22H2,1H3. The van der Waals surface area contributed by atoms with Crippen LogP contribution < -0.4 is 5.32 Å². The number of hydrogen-bond donors (Lipinski definition) is 1. The maximum Gasteiger partial charge on any atom is 0.164 e. The molecule has 2 rings (SSSR count). The number of Topliss-reactive ketones (excluding diaryl/α,β-unsaturated/α-hetero) is 1. The SMILES string of the molecule is CCCCCCCCCCCCc1ccc(NCCC(=O)c2ccc(F)cc2)cc1. The predicted molar refractivity (Wildman–Crippen MR) is 126 cm³/mol. The maximum absolute atomic E-state index is 12.9. The number of hydrogen-bond acceptors (Lipinski definition) is 2. The van der Waals surface area contributed by atoms with Crippen LogP contribution >= 0.6 is 0 Å². The summed E-state index contributed by atoms with van der Waals surface area (Å²) in [4.78, 5) is 12.1. The van der Waals surface area contributed by atoms with Crippen LogP contribution in [0.25, 0.3) is 0 Å². The molecule has 0 spiro atoms. The molecule has 0 bridgehead atoms. The largest absolute Gasteiger partial charge is 0.385 e. The Morgan fingerprint density at radius 2 is 1.33 bits per heavy atom. The van der Waals surface area contributed by atoms with Crippen LogP contribution in [0.15, 0.2) is 48.5 Å². The molecule has 0 unspecified atom stereocenters. The highest BCUT2D eigenvalue weighted by Gasteiger charge is 2.05. The van der Waals surface area contributed by atoms with Crippen LogP contribution in [0.3, 0.4) is 0 Å². The third-order valence-electron chi connectivity index (χ3n) is 5.62. The van der Waals surface area contributed by atoms with Gasteiger partial charge in [-0.15, -0.1) is 0 Å². The molecule has 0 aliphatic rings. The second-order valence-electron chi connectivity index (χ2n) is 8.24. The first kappa shape index (κ1) is 24.1. The van der Waals surface area contributed by atoms with Crippen molar-refractivity contribution < 1.29 is 9.18 Å². The van der Waals surface area contributed by atoms with Crippen LogP contribution in [0.5, 0.6) is 0 Å². The quantitative estimate of drug-likeness (QED) is 0.224. The van der Waals surface area contributed by atoms with E-state index in [2.05, 4.69) is 36.5 Å². The fraction of sp³-hybridized carbons (Fsp3) is 0.519. The smallest absolute Gasteiger partial charge is 0.164 e. The Kier molecular flexibility index (Phi) is 11.9. The molecule has 0 aliphatic carbocycles. The summed E-state index contributed by atoms with van der Waals surface area (Å²) in [7, 11) is 0. The van der Waals surface area contributed by atoms with E-state index < -0.39 is 0 Å². The molecule has 2 aromatic carbocycles. The Morgan fingerprint density at radius 1 is 0.767 bits per heavy atom. The summed E-state index contributed by atoms with van der Waals surface area (Å²) in [5.41, 5.74) is 2.97. The number of halogens is 1. The lowest BCUT2D eigenvalue weighted by Crippen LogP contribution is -2.09. The number of rotatable bonds is 16. The van der Waals surface area contributed by atoms with Gasteiger partial charge in [0.2, 0.25) is 0 Å². The molecule has 2 aromatic rings. The number of anilines is 1. The van der Waals surface area contributed by atoms with E-state index in [4.69, 9.17) is 0 Å². The number of unbranched alkanes of at least 4 members (excludes halogenated alkanes) is 9. The first-order valence-electron chi connectivity index (χ1n) is 11.8. The van der Waals surface area contributed by atoms with Crippen molar-refractivity contribution in [3.63, 3.8) is 0 Å². The fourth-order valence-corrected chi connectivity index (χ4v) is 3.71. The number of carbonyl (C=O) groups excluding carboxylic acids is 1. The minimum atomic E-state index is -0.317. The fourth-order valence-electron chi connectivity index (χ4n) is 3.71. The molecular formula is C27H38FNO. The third-order valence-corrected chi connectivity index (χ3v) is 5.62. The lowest BCUT2D eigenvalue weighted by molar-refractivity contribution is 0.0986. The van der Waals surface area contributed by atoms with Gasteiger partial charge in [0.1, 0.15) is 5.82 Å². The maximum atomic E-state index is 12.9. The molecule has 0 aliphatic heterocycles. The molecule has 0 amide bonds. The average molecular weight is 412 g/mol. The monoisotopic (exact) mass is 411 g/mol. The topological polar surface area (TPSA) is 29.1 Å². The zero-order valence-electron chi connectivity index (χ0n) is 18.6. The molecule has 0 saturated heterocycles. The van der Waals surface area contributed by atoms with Crippen molar-refractivity contribution in [2.24, 2.45) is 0 Å². The van der Waals surface area contributed by atoms with Crippen molar-refractivity contribution in [2.45, 2.75) is 84.0 Å². The molecule has 0 radical (unpaired) electrons. The second-order valence-corrected chi connectivity index (χ2v) is 8.24. The minimum Gasteiger partial charge on any atom is -0.385 e. The lowest BCUT2D eigenvalue weighted by Gasteiger charge is -2.08. The summed E-state index contributed by atoms with van der Waals surface area (Å²) in [5.74, 6) is -0.289. The van der Waals surface area contributed by atoms with Crippen molar-refractivity contribution in [3.8, 4) is 0 Å². The second kappa shape index (κ2) is 14.8. The van der Waals surface area contributed by atoms with Gasteiger partial charge >= 0.3 is 0 Å². The van der Waals surface area contributed by atoms with Crippen molar-refractivity contribution in [1.82, 2.24) is 0 Å². The highest BCUT2D eigenvalue weighted by molar-refractivity contribution is 5.96. The van der Waals surface area contributed by atoms with Crippen molar-refractivity contribution in [1.29, 1.82) is 0 Å². The highest BCUT2D eigenvalue weighted by atomic mass is 19.1. The van der Waals surface area contributed by atoms with E-state index in [1.165, 1.54) is 81.9 Å². The molecule has 164 valence electrons. The normalized spacial score (nSPS) is 10.9. The molecule has 0 aromatic heterocycles. The van der Waals surface area contributed by atoms with Crippen molar-refractivity contribution in [3.05, 3.63) is 65.5 Å². The number of nitrogens with one attached hydrogen (secondary N) is 1. The van der Waals surface area contributed by atoms with Crippen molar-refractivity contribution >= 4 is 11.5 Å². The Morgan fingerprint density at radius 3 is 1.93 bits per heavy atom. The molecule has 30 heavy (non-hydrogen) atoms. The van der Waals surface area contributed by atoms with Gasteiger partial charge in [-0.2, -0.15) is 0 Å². The number of ketones is 1. The predicted octanol–water partition coefficient (Wildman–Crippen LogP) is 7.97. The van der Waals surface area contributed by atoms with E-state index in [0.717, 1.165) is 12.1 Å². The van der Waals surface area contributed by atoms with Crippen LogP contribution in [-0.4, -0.2) is 12.3 Å². The molecule has 0 saturated carbocycles. The van der Waals surface area contributed by atoms with Gasteiger partial charge in [0, 0.05) is 24.2 Å². The van der Waals surface area contributed by atoms with Crippen LogP contribution in [0, 0.1) is 5.82 Å². The lowest BCUT2D eigenvalue weighted by atomic mass is 10.0. The minimum absolute atomic E-state index is 0.0279. The molecule has 1 N–H and O–H groups in total. The summed E-state index contributed by atoms with van der Waals surface area (Å²) in [6, 6.07) is 14.3. The van der Waals surface area contributed by atoms with Crippen LogP contribution in [0.1, 0.15) is 93.5 Å². The summed E-state index contributed by atoms with van der Waals surface area (Å²) in [5, 5.41) is 3.30. The molecule has 2 nitrogen and oxygen atoms in total. The van der Waals surface area contributed by atoms with Gasteiger partial charge in [0.15, 0.2) is 5.78 Å². The van der Waals surface area contributed by atoms with Gasteiger partial charge in [-0.1, -0.05) is 76.8 Å². The Bertz CT molecular complexity index is 709. The van der Waals surface area contributed by atoms with Gasteiger partial charge in [-0.05, 0) is 54.8 Å². The Balaban J connectivity index is 1.53. The van der Waals surface area contributed by atoms with E-state index in [0.29, 0.717) is 18.5 Å². The highest BCUT2D eigenvalue weighted by Crippen LogP contribution is 2.15. The number of carbonyl (C=O) groups is 1. The van der Waals surface area contributed by atoms with Gasteiger partial charge in [-0.3, -0.25) is 4.79 Å². The first-order valence-corrected chi connectivity index (χ1v) is 11.8. The number of benzene rings is 2. The van der Waals surface area contributed by atoms with Crippen LogP contribution in [-0.2, 0) is 6.42 Å². The molecule has 3 heteroatoms. The van der Waals surface area contributed by atoms with Gasteiger partial charge < -0.3 is 5.32 Å². The van der Waals surface area contributed by atoms with Gasteiger partial charge in [-0.25, -0.2) is 4.39 Å². The van der Waals surface area contributed by atoms with Crippen LogP contribution in [0.4, 0.5) is 10.1 Å². The molecule has 0 heterocycles. The molecular weight excluding hydrogens is 373 g/mol. The van der Waals surface area contributed by atoms with E-state index in [1.54, 1.807) is 12.1 Å². The summed E-state index contributed by atoms with van der Waals surface area (Å²) in [6.45, 7) is 2.85. The summed E-state index contributed by atoms with van der Waals surface area (Å²) in [6.07, 6.45) is 15.2. The van der Waals surface area contributed by atoms with Gasteiger partial charge in [0.05, 0.1) is 0 Å². The zero-order chi connectivity index (χ0) is 21.4. The van der Waals surface area contributed by atoms with E-state index in [1.807, 2.05) is 0 Å². The van der Waals surface area contributed by atoms with Crippen LogP contribution in [0.2, 0.25) is 0 Å². The molecule has 0 fully saturated rings. The van der Waals surface area contributed by atoms with E-state index in [9.17, 15) is 9.18 Å². The van der Waals surface area contributed by atoms with E-state index in [-0.39, 0.29) is 11.6 Å². The summed E-state index contributed by atoms with van der Waals surface area (Å²) < 4.78 is 12.9. The van der Waals surface area contributed by atoms with E-state index >= 15 is 0 Å². The number of aryl methyl sites for hydroxylation is 1. The van der Waals surface area contributed by atoms with Gasteiger partial charge in [0.25, 0.3) is 0 Å². The zero-order valence-corrected chi connectivity index (χ0v) is 18.6. The Hall–Kier alpha value is -2.16. The Labute approximate surface area is 182 Å². The first-order chi connectivity index (χ1) is 14.7. The van der Waals surface area contributed by atoms with Crippen molar-refractivity contribution in [2.75, 3.05) is 11.9 Å².